The van der Waals surface area contributed by atoms with E-state index in [1.54, 1.807) is 57.0 Å². The van der Waals surface area contributed by atoms with Crippen molar-refractivity contribution < 1.29 is 18.3 Å². The number of nitrogens with one attached hydrogen (secondary N) is 1. The number of hydrogen-bond acceptors (Lipinski definition) is 5. The van der Waals surface area contributed by atoms with E-state index in [9.17, 15) is 13.6 Å². The number of aryl methyl sites for hydroxylation is 2. The number of fused-ring (bicyclic) bond motifs is 1. The Morgan fingerprint density at radius 1 is 1.32 bits per heavy atom. The Morgan fingerprint density at radius 3 is 2.75 bits per heavy atom. The number of nitrogens with zero attached hydrogens (tertiary/aromatic N) is 4. The summed E-state index contributed by atoms with van der Waals surface area (Å²) in [5.41, 5.74) is 2.38. The molecule has 0 aliphatic rings. The second kappa shape index (κ2) is 7.79. The lowest BCUT2D eigenvalue weighted by Gasteiger charge is -2.15. The van der Waals surface area contributed by atoms with E-state index >= 15 is 0 Å². The molecule has 0 aliphatic heterocycles. The highest BCUT2D eigenvalue weighted by molar-refractivity contribution is 5.93. The monoisotopic (exact) mass is 389 g/mol. The van der Waals surface area contributed by atoms with Gasteiger partial charge in [0.1, 0.15) is 18.1 Å². The second-order valence-corrected chi connectivity index (χ2v) is 6.59. The molecule has 0 saturated heterocycles. The van der Waals surface area contributed by atoms with Crippen LogP contribution >= 0.6 is 0 Å². The molecule has 0 spiro atoms. The summed E-state index contributed by atoms with van der Waals surface area (Å²) in [6.07, 6.45) is 3.38. The molecule has 1 amide bonds. The summed E-state index contributed by atoms with van der Waals surface area (Å²) in [4.78, 5) is 21.9. The minimum absolute atomic E-state index is 0.0463. The first-order valence-electron chi connectivity index (χ1n) is 8.60. The fourth-order valence-corrected chi connectivity index (χ4v) is 2.89. The predicted molar refractivity (Wildman–Crippen MR) is 102 cm³/mol. The van der Waals surface area contributed by atoms with Gasteiger partial charge in [-0.2, -0.15) is 8.78 Å². The minimum Gasteiger partial charge on any atom is -0.415 e. The molecule has 3 aromatic heterocycles. The number of ether oxygens (including phenoxy) is 1. The molecule has 0 aromatic carbocycles. The molecule has 0 radical (unpaired) electrons. The van der Waals surface area contributed by atoms with Gasteiger partial charge in [-0.05, 0) is 37.6 Å². The first-order valence-corrected chi connectivity index (χ1v) is 8.60. The number of pyridine rings is 2. The average Bonchev–Trinajstić information content (AvgIpc) is 3.01. The van der Waals surface area contributed by atoms with Crippen molar-refractivity contribution in [3.63, 3.8) is 0 Å². The Morgan fingerprint density at radius 2 is 2.07 bits per heavy atom. The number of halogens is 2. The van der Waals surface area contributed by atoms with E-state index in [0.29, 0.717) is 22.8 Å². The topological polar surface area (TPSA) is 72.3 Å². The predicted octanol–water partition coefficient (Wildman–Crippen LogP) is 3.48. The lowest BCUT2D eigenvalue weighted by atomic mass is 10.2. The summed E-state index contributed by atoms with van der Waals surface area (Å²) in [6.45, 7) is 0.674. The molecule has 7 nitrogen and oxygen atoms in total. The van der Waals surface area contributed by atoms with Crippen molar-refractivity contribution in [1.29, 1.82) is 0 Å². The van der Waals surface area contributed by atoms with Crippen LogP contribution in [0.2, 0.25) is 0 Å². The van der Waals surface area contributed by atoms with Crippen molar-refractivity contribution in [2.75, 3.05) is 19.4 Å². The van der Waals surface area contributed by atoms with Gasteiger partial charge in [0.25, 0.3) is 0 Å². The smallest absolute Gasteiger partial charge is 0.388 e. The fourth-order valence-electron chi connectivity index (χ4n) is 2.89. The molecule has 1 N–H and O–H groups in total. The zero-order valence-corrected chi connectivity index (χ0v) is 16.0. The summed E-state index contributed by atoms with van der Waals surface area (Å²) in [5.74, 6) is 0.227. The van der Waals surface area contributed by atoms with Crippen LogP contribution in [0.4, 0.5) is 20.3 Å². The maximum atomic E-state index is 12.8. The van der Waals surface area contributed by atoms with E-state index in [0.717, 1.165) is 10.9 Å². The van der Waals surface area contributed by atoms with Crippen molar-refractivity contribution in [2.24, 2.45) is 0 Å². The van der Waals surface area contributed by atoms with E-state index in [1.807, 2.05) is 6.07 Å². The van der Waals surface area contributed by atoms with Gasteiger partial charge in [-0.15, -0.1) is 0 Å². The van der Waals surface area contributed by atoms with Gasteiger partial charge in [0, 0.05) is 37.6 Å². The van der Waals surface area contributed by atoms with Crippen molar-refractivity contribution in [3.05, 3.63) is 41.9 Å². The first kappa shape index (κ1) is 19.5. The number of aromatic nitrogens is 3. The molecule has 28 heavy (non-hydrogen) atoms. The molecule has 148 valence electrons. The highest BCUT2D eigenvalue weighted by Crippen LogP contribution is 2.33. The van der Waals surface area contributed by atoms with E-state index in [-0.39, 0.29) is 18.3 Å². The van der Waals surface area contributed by atoms with E-state index < -0.39 is 6.61 Å². The maximum Gasteiger partial charge on any atom is 0.388 e. The second-order valence-electron chi connectivity index (χ2n) is 6.59. The molecule has 9 heteroatoms. The summed E-state index contributed by atoms with van der Waals surface area (Å²) in [6, 6.07) is 5.38. The SMILES string of the molecule is Cc1cc(C)c(Nc2nccc3c2ccn3CC(=O)N(C)C)c(OC(F)F)n1. The summed E-state index contributed by atoms with van der Waals surface area (Å²) in [5, 5.41) is 3.81. The van der Waals surface area contributed by atoms with Gasteiger partial charge in [0.15, 0.2) is 0 Å². The zero-order valence-electron chi connectivity index (χ0n) is 16.0. The molecular weight excluding hydrogens is 368 g/mol. The molecule has 0 bridgehead atoms. The first-order chi connectivity index (χ1) is 13.3. The number of rotatable bonds is 6. The highest BCUT2D eigenvalue weighted by atomic mass is 19.3. The van der Waals surface area contributed by atoms with Gasteiger partial charge in [-0.3, -0.25) is 4.79 Å². The van der Waals surface area contributed by atoms with Gasteiger partial charge in [0.05, 0.1) is 5.52 Å². The largest absolute Gasteiger partial charge is 0.415 e. The lowest BCUT2D eigenvalue weighted by Crippen LogP contribution is -2.25. The van der Waals surface area contributed by atoms with E-state index in [4.69, 9.17) is 0 Å². The third kappa shape index (κ3) is 4.03. The number of alkyl halides is 2. The molecule has 0 aliphatic carbocycles. The van der Waals surface area contributed by atoms with Crippen LogP contribution in [-0.2, 0) is 11.3 Å². The number of carbonyl (C=O) groups is 1. The molecule has 0 fully saturated rings. The number of carbonyl (C=O) groups excluding carboxylic acids is 1. The molecule has 0 unspecified atom stereocenters. The average molecular weight is 389 g/mol. The number of hydrogen-bond donors (Lipinski definition) is 1. The maximum absolute atomic E-state index is 12.8. The minimum atomic E-state index is -2.99. The van der Waals surface area contributed by atoms with Gasteiger partial charge in [-0.1, -0.05) is 0 Å². The standard InChI is InChI=1S/C19H21F2N5O2/c1-11-9-12(2)23-18(28-19(20)21)16(11)24-17-13-6-8-26(10-15(27)25(3)4)14(13)5-7-22-17/h5-9,19H,10H2,1-4H3,(H,22,24). The quantitative estimate of drug-likeness (QED) is 0.699. The molecule has 3 aromatic rings. The van der Waals surface area contributed by atoms with Gasteiger partial charge < -0.3 is 19.5 Å². The number of anilines is 2. The summed E-state index contributed by atoms with van der Waals surface area (Å²) >= 11 is 0. The molecule has 0 atom stereocenters. The van der Waals surface area contributed by atoms with Crippen LogP contribution in [0.5, 0.6) is 5.88 Å². The van der Waals surface area contributed by atoms with Crippen LogP contribution in [0, 0.1) is 13.8 Å². The Kier molecular flexibility index (Phi) is 5.43. The molecule has 0 saturated carbocycles. The summed E-state index contributed by atoms with van der Waals surface area (Å²) in [7, 11) is 3.39. The van der Waals surface area contributed by atoms with E-state index in [2.05, 4.69) is 20.0 Å². The normalized spacial score (nSPS) is 11.1. The van der Waals surface area contributed by atoms with Crippen LogP contribution in [-0.4, -0.2) is 46.0 Å². The van der Waals surface area contributed by atoms with Gasteiger partial charge >= 0.3 is 6.61 Å². The van der Waals surface area contributed by atoms with Gasteiger partial charge in [-0.25, -0.2) is 9.97 Å². The van der Waals surface area contributed by atoms with Crippen LogP contribution in [0.3, 0.4) is 0 Å². The molecule has 3 rings (SSSR count). The third-order valence-electron chi connectivity index (χ3n) is 4.26. The van der Waals surface area contributed by atoms with Crippen LogP contribution in [0.1, 0.15) is 11.3 Å². The lowest BCUT2D eigenvalue weighted by molar-refractivity contribution is -0.129. The number of amides is 1. The Balaban J connectivity index is 2.00. The van der Waals surface area contributed by atoms with Crippen molar-refractivity contribution in [3.8, 4) is 5.88 Å². The third-order valence-corrected chi connectivity index (χ3v) is 4.26. The Labute approximate surface area is 160 Å². The van der Waals surface area contributed by atoms with Crippen molar-refractivity contribution in [1.82, 2.24) is 19.4 Å². The van der Waals surface area contributed by atoms with Crippen LogP contribution < -0.4 is 10.1 Å². The van der Waals surface area contributed by atoms with Crippen molar-refractivity contribution in [2.45, 2.75) is 27.0 Å². The molecular formula is C19H21F2N5O2. The van der Waals surface area contributed by atoms with Crippen LogP contribution in [0.15, 0.2) is 30.6 Å². The fraction of sp³-hybridized carbons (Fsp3) is 0.316. The number of likely N-dealkylation sites (N-methyl/N-ethyl adjacent to an activating group) is 1. The summed E-state index contributed by atoms with van der Waals surface area (Å²) < 4.78 is 32.0. The van der Waals surface area contributed by atoms with E-state index in [1.165, 1.54) is 4.90 Å². The van der Waals surface area contributed by atoms with Crippen LogP contribution in [0.25, 0.3) is 10.9 Å². The molecule has 3 heterocycles. The van der Waals surface area contributed by atoms with Crippen molar-refractivity contribution >= 4 is 28.3 Å². The Hall–Kier alpha value is -3.23. The van der Waals surface area contributed by atoms with Gasteiger partial charge in [0.2, 0.25) is 11.8 Å². The zero-order chi connectivity index (χ0) is 20.4. The Bertz CT molecular complexity index is 1020. The highest BCUT2D eigenvalue weighted by Gasteiger charge is 2.17.